The van der Waals surface area contributed by atoms with Crippen molar-refractivity contribution >= 4 is 0 Å². The summed E-state index contributed by atoms with van der Waals surface area (Å²) in [5.74, 6) is 0.650. The zero-order valence-electron chi connectivity index (χ0n) is 5.35. The predicted octanol–water partition coefficient (Wildman–Crippen LogP) is 1.97. The monoisotopic (exact) mass is 95.1 g/mol. The summed E-state index contributed by atoms with van der Waals surface area (Å²) in [4.78, 5) is 0. The average molecular weight is 95.2 g/mol. The molecule has 0 aromatic carbocycles. The summed E-state index contributed by atoms with van der Waals surface area (Å²) in [6.07, 6.45) is 7.75. The van der Waals surface area contributed by atoms with Gasteiger partial charge in [0.2, 0.25) is 0 Å². The Morgan fingerprint density at radius 2 is 2.43 bits per heavy atom. The van der Waals surface area contributed by atoms with Crippen molar-refractivity contribution < 1.29 is 1.37 Å². The Balaban J connectivity index is 2.33. The van der Waals surface area contributed by atoms with E-state index < -0.39 is 0 Å². The summed E-state index contributed by atoms with van der Waals surface area (Å²) in [5.41, 5.74) is 0. The van der Waals surface area contributed by atoms with Crippen LogP contribution in [0.4, 0.5) is 0 Å². The van der Waals surface area contributed by atoms with Gasteiger partial charge in [-0.25, -0.2) is 0 Å². The second kappa shape index (κ2) is 1.12. The summed E-state index contributed by atoms with van der Waals surface area (Å²) in [6, 6.07) is 0. The molecule has 2 unspecified atom stereocenters. The van der Waals surface area contributed by atoms with Crippen LogP contribution >= 0.6 is 0 Å². The van der Waals surface area contributed by atoms with Crippen molar-refractivity contribution in [3.63, 3.8) is 0 Å². The average Bonchev–Trinajstić information content (AvgIpc) is 2.21. The van der Waals surface area contributed by atoms with Crippen LogP contribution in [0.2, 0.25) is 0 Å². The highest BCUT2D eigenvalue weighted by molar-refractivity contribution is 5.06. The maximum Gasteiger partial charge on any atom is 0.0346 e. The van der Waals surface area contributed by atoms with Gasteiger partial charge >= 0.3 is 0 Å². The molecule has 0 nitrogen and oxygen atoms in total. The fourth-order valence-electron chi connectivity index (χ4n) is 1.50. The minimum absolute atomic E-state index is 0.120. The molecule has 0 heterocycles. The van der Waals surface area contributed by atoms with Gasteiger partial charge in [-0.15, -0.1) is 0 Å². The molecule has 0 amide bonds. The van der Waals surface area contributed by atoms with E-state index in [0.29, 0.717) is 0 Å². The van der Waals surface area contributed by atoms with Crippen LogP contribution in [0.25, 0.3) is 0 Å². The molecule has 38 valence electrons. The molecule has 7 heavy (non-hydrogen) atoms. The Kier molecular flexibility index (Phi) is 0.464. The first-order valence-corrected chi connectivity index (χ1v) is 2.98. The topological polar surface area (TPSA) is 0 Å². The number of hydrogen-bond acceptors (Lipinski definition) is 0. The van der Waals surface area contributed by atoms with E-state index in [4.69, 9.17) is 1.37 Å². The van der Waals surface area contributed by atoms with E-state index >= 15 is 0 Å². The van der Waals surface area contributed by atoms with Crippen molar-refractivity contribution in [1.82, 2.24) is 0 Å². The van der Waals surface area contributed by atoms with Gasteiger partial charge < -0.3 is 0 Å². The number of allylic oxidation sites excluding steroid dienone is 2. The lowest BCUT2D eigenvalue weighted by Gasteiger charge is -1.96. The molecule has 0 aliphatic heterocycles. The Bertz CT molecular complexity index is 139. The first-order chi connectivity index (χ1) is 3.79. The third kappa shape index (κ3) is 0.425. The third-order valence-corrected chi connectivity index (χ3v) is 1.96. The van der Waals surface area contributed by atoms with Crippen molar-refractivity contribution in [2.75, 3.05) is 0 Å². The van der Waals surface area contributed by atoms with Crippen molar-refractivity contribution in [3.8, 4) is 0 Å². The van der Waals surface area contributed by atoms with Crippen LogP contribution < -0.4 is 0 Å². The lowest BCUT2D eigenvalue weighted by molar-refractivity contribution is 0.691. The fourth-order valence-corrected chi connectivity index (χ4v) is 1.50. The fraction of sp³-hybridized carbons (Fsp3) is 0.714. The van der Waals surface area contributed by atoms with Gasteiger partial charge in [0.05, 0.1) is 0 Å². The summed E-state index contributed by atoms with van der Waals surface area (Å²) in [7, 11) is 0. The third-order valence-electron chi connectivity index (χ3n) is 1.96. The first kappa shape index (κ1) is 2.91. The van der Waals surface area contributed by atoms with E-state index in [0.717, 1.165) is 18.8 Å². The molecule has 0 saturated heterocycles. The Morgan fingerprint density at radius 1 is 1.43 bits per heavy atom. The molecule has 2 aliphatic carbocycles. The van der Waals surface area contributed by atoms with Gasteiger partial charge in [0.25, 0.3) is 0 Å². The maximum absolute atomic E-state index is 7.68. The molecule has 2 rings (SSSR count). The molecule has 1 saturated carbocycles. The van der Waals surface area contributed by atoms with E-state index in [-0.39, 0.29) is 5.89 Å². The van der Waals surface area contributed by atoms with Crippen LogP contribution in [0.3, 0.4) is 0 Å². The molecule has 0 aromatic heterocycles. The summed E-state index contributed by atoms with van der Waals surface area (Å²) >= 11 is 0. The van der Waals surface area contributed by atoms with Gasteiger partial charge in [-0.3, -0.25) is 0 Å². The van der Waals surface area contributed by atoms with E-state index in [2.05, 4.69) is 12.2 Å². The lowest BCUT2D eigenvalue weighted by Crippen LogP contribution is -1.82. The highest BCUT2D eigenvalue weighted by Crippen LogP contribution is 2.38. The van der Waals surface area contributed by atoms with Crippen molar-refractivity contribution in [3.05, 3.63) is 12.2 Å². The van der Waals surface area contributed by atoms with Crippen LogP contribution in [0.15, 0.2) is 12.2 Å². The molecule has 0 aromatic rings. The van der Waals surface area contributed by atoms with Crippen LogP contribution in [-0.2, 0) is 0 Å². The van der Waals surface area contributed by atoms with Gasteiger partial charge in [-0.2, -0.15) is 0 Å². The van der Waals surface area contributed by atoms with Gasteiger partial charge in [0, 0.05) is 1.37 Å². The zero-order chi connectivity index (χ0) is 5.61. The number of fused-ring (bicyclic) bond motifs is 2. The van der Waals surface area contributed by atoms with Crippen LogP contribution in [0.1, 0.15) is 20.6 Å². The van der Waals surface area contributed by atoms with Gasteiger partial charge in [-0.1, -0.05) is 12.2 Å². The number of hydrogen-bond donors (Lipinski definition) is 0. The number of rotatable bonds is 0. The molecule has 2 aliphatic rings. The Hall–Kier alpha value is -0.260. The second-order valence-corrected chi connectivity index (χ2v) is 2.52. The van der Waals surface area contributed by atoms with Gasteiger partial charge in [-0.05, 0) is 31.1 Å². The van der Waals surface area contributed by atoms with Gasteiger partial charge in [0.1, 0.15) is 0 Å². The zero-order valence-corrected chi connectivity index (χ0v) is 4.35. The minimum Gasteiger partial charge on any atom is -0.0851 e. The smallest absolute Gasteiger partial charge is 0.0346 e. The largest absolute Gasteiger partial charge is 0.0851 e. The molecule has 1 fully saturated rings. The molecular formula is C7H10. The quantitative estimate of drug-likeness (QED) is 0.403. The van der Waals surface area contributed by atoms with Gasteiger partial charge in [0.15, 0.2) is 0 Å². The maximum atomic E-state index is 7.68. The molecule has 0 radical (unpaired) electrons. The first-order valence-electron chi connectivity index (χ1n) is 3.48. The van der Waals surface area contributed by atoms with Crippen molar-refractivity contribution in [2.24, 2.45) is 11.8 Å². The van der Waals surface area contributed by atoms with E-state index in [9.17, 15) is 0 Å². The molecule has 0 spiro atoms. The molecule has 0 N–H and O–H groups in total. The summed E-state index contributed by atoms with van der Waals surface area (Å²) in [6.45, 7) is 0. The predicted molar refractivity (Wildman–Crippen MR) is 30.0 cm³/mol. The molecular weight excluding hydrogens is 84.1 g/mol. The van der Waals surface area contributed by atoms with Crippen molar-refractivity contribution in [2.45, 2.75) is 19.3 Å². The summed E-state index contributed by atoms with van der Waals surface area (Å²) in [5, 5.41) is 0. The van der Waals surface area contributed by atoms with Crippen LogP contribution in [0.5, 0.6) is 0 Å². The minimum atomic E-state index is -0.120. The van der Waals surface area contributed by atoms with Crippen LogP contribution in [-0.4, -0.2) is 0 Å². The van der Waals surface area contributed by atoms with E-state index in [1.54, 1.807) is 0 Å². The SMILES string of the molecule is [2H]C12C=CC(CC1)C2. The lowest BCUT2D eigenvalue weighted by atomic mass is 10.1. The second-order valence-electron chi connectivity index (χ2n) is 2.52. The normalized spacial score (nSPS) is 58.3. The van der Waals surface area contributed by atoms with Crippen molar-refractivity contribution in [1.29, 1.82) is 0 Å². The Morgan fingerprint density at radius 3 is 2.57 bits per heavy atom. The van der Waals surface area contributed by atoms with E-state index in [1.807, 2.05) is 0 Å². The highest BCUT2D eigenvalue weighted by Gasteiger charge is 2.25. The molecule has 2 atom stereocenters. The Labute approximate surface area is 45.6 Å². The molecule has 2 bridgehead atoms. The highest BCUT2D eigenvalue weighted by atomic mass is 14.3. The summed E-state index contributed by atoms with van der Waals surface area (Å²) < 4.78 is 7.68. The standard InChI is InChI=1S/C7H10/c1-2-7-4-3-6(1)5-7/h1-2,6-7H,3-5H2/i6D. The van der Waals surface area contributed by atoms with Crippen LogP contribution in [0, 0.1) is 11.8 Å². The van der Waals surface area contributed by atoms with E-state index in [1.165, 1.54) is 6.42 Å². The molecule has 0 heteroatoms.